The summed E-state index contributed by atoms with van der Waals surface area (Å²) in [5.74, 6) is 0.833. The lowest BCUT2D eigenvalue weighted by Gasteiger charge is -2.36. The molecule has 0 radical (unpaired) electrons. The molecule has 3 nitrogen and oxygen atoms in total. The first-order valence-corrected chi connectivity index (χ1v) is 7.52. The Balaban J connectivity index is 1.96. The molecular weight excluding hydrogens is 246 g/mol. The normalized spacial score (nSPS) is 22.9. The van der Waals surface area contributed by atoms with Crippen LogP contribution in [-0.4, -0.2) is 18.1 Å². The molecule has 0 amide bonds. The average Bonchev–Trinajstić information content (AvgIpc) is 2.45. The van der Waals surface area contributed by atoms with Crippen LogP contribution in [0.5, 0.6) is 0 Å². The van der Waals surface area contributed by atoms with E-state index in [0.717, 1.165) is 17.1 Å². The van der Waals surface area contributed by atoms with Gasteiger partial charge in [0.05, 0.1) is 5.52 Å². The van der Waals surface area contributed by atoms with E-state index in [4.69, 9.17) is 5.73 Å². The maximum Gasteiger partial charge on any atom is 0.0743 e. The molecule has 0 spiro atoms. The summed E-state index contributed by atoms with van der Waals surface area (Å²) >= 11 is 0. The van der Waals surface area contributed by atoms with E-state index in [1.807, 2.05) is 18.3 Å². The molecule has 106 valence electrons. The molecule has 2 N–H and O–H groups in total. The molecule has 1 saturated carbocycles. The van der Waals surface area contributed by atoms with E-state index >= 15 is 0 Å². The van der Waals surface area contributed by atoms with Crippen molar-refractivity contribution in [1.82, 2.24) is 4.98 Å². The molecule has 1 aliphatic rings. The van der Waals surface area contributed by atoms with Gasteiger partial charge in [-0.25, -0.2) is 0 Å². The van der Waals surface area contributed by atoms with Gasteiger partial charge in [-0.1, -0.05) is 19.8 Å². The van der Waals surface area contributed by atoms with Crippen molar-refractivity contribution in [3.63, 3.8) is 0 Å². The number of aromatic nitrogens is 1. The number of anilines is 2. The summed E-state index contributed by atoms with van der Waals surface area (Å²) in [5, 5.41) is 1.20. The van der Waals surface area contributed by atoms with Crippen LogP contribution in [0.15, 0.2) is 30.5 Å². The van der Waals surface area contributed by atoms with Gasteiger partial charge in [0.15, 0.2) is 0 Å². The number of rotatable bonds is 2. The van der Waals surface area contributed by atoms with Gasteiger partial charge in [-0.3, -0.25) is 4.98 Å². The van der Waals surface area contributed by atoms with E-state index in [-0.39, 0.29) is 0 Å². The summed E-state index contributed by atoms with van der Waals surface area (Å²) in [6.07, 6.45) is 7.18. The van der Waals surface area contributed by atoms with Crippen molar-refractivity contribution < 1.29 is 0 Å². The Morgan fingerprint density at radius 2 is 2.10 bits per heavy atom. The van der Waals surface area contributed by atoms with Crippen molar-refractivity contribution in [2.24, 2.45) is 5.92 Å². The van der Waals surface area contributed by atoms with Gasteiger partial charge in [0.1, 0.15) is 0 Å². The second-order valence-electron chi connectivity index (χ2n) is 6.14. The Hall–Kier alpha value is -1.77. The molecule has 0 saturated heterocycles. The van der Waals surface area contributed by atoms with Crippen LogP contribution in [0.25, 0.3) is 10.9 Å². The smallest absolute Gasteiger partial charge is 0.0743 e. The predicted octanol–water partition coefficient (Wildman–Crippen LogP) is 3.83. The van der Waals surface area contributed by atoms with Gasteiger partial charge in [0.2, 0.25) is 0 Å². The molecule has 1 aliphatic carbocycles. The first-order valence-electron chi connectivity index (χ1n) is 7.52. The van der Waals surface area contributed by atoms with Gasteiger partial charge < -0.3 is 10.6 Å². The van der Waals surface area contributed by atoms with Crippen molar-refractivity contribution in [1.29, 1.82) is 0 Å². The van der Waals surface area contributed by atoms with Gasteiger partial charge in [0, 0.05) is 36.0 Å². The highest BCUT2D eigenvalue weighted by atomic mass is 15.1. The van der Waals surface area contributed by atoms with Crippen LogP contribution < -0.4 is 10.6 Å². The topological polar surface area (TPSA) is 42.2 Å². The SMILES string of the molecule is CC1CCCC(N(C)c2ccnc3cc(N)ccc23)C1. The van der Waals surface area contributed by atoms with E-state index < -0.39 is 0 Å². The Morgan fingerprint density at radius 3 is 2.90 bits per heavy atom. The fourth-order valence-corrected chi connectivity index (χ4v) is 3.41. The average molecular weight is 269 g/mol. The van der Waals surface area contributed by atoms with E-state index in [1.54, 1.807) is 0 Å². The first kappa shape index (κ1) is 13.2. The highest BCUT2D eigenvalue weighted by Crippen LogP contribution is 2.33. The number of nitrogens with two attached hydrogens (primary N) is 1. The monoisotopic (exact) mass is 269 g/mol. The lowest BCUT2D eigenvalue weighted by Crippen LogP contribution is -2.35. The first-order chi connectivity index (χ1) is 9.65. The van der Waals surface area contributed by atoms with Gasteiger partial charge in [-0.05, 0) is 43.0 Å². The van der Waals surface area contributed by atoms with Crippen LogP contribution in [-0.2, 0) is 0 Å². The predicted molar refractivity (Wildman–Crippen MR) is 86.0 cm³/mol. The van der Waals surface area contributed by atoms with Crippen LogP contribution >= 0.6 is 0 Å². The summed E-state index contributed by atoms with van der Waals surface area (Å²) in [6.45, 7) is 2.37. The molecule has 2 aromatic rings. The Labute approximate surface area is 120 Å². The maximum absolute atomic E-state index is 5.86. The molecule has 2 unspecified atom stereocenters. The van der Waals surface area contributed by atoms with Crippen molar-refractivity contribution in [3.8, 4) is 0 Å². The van der Waals surface area contributed by atoms with Crippen molar-refractivity contribution in [2.45, 2.75) is 38.6 Å². The van der Waals surface area contributed by atoms with E-state index in [9.17, 15) is 0 Å². The number of nitrogens with zero attached hydrogens (tertiary/aromatic N) is 2. The van der Waals surface area contributed by atoms with E-state index in [0.29, 0.717) is 6.04 Å². The molecule has 20 heavy (non-hydrogen) atoms. The Kier molecular flexibility index (Phi) is 3.51. The van der Waals surface area contributed by atoms with Gasteiger partial charge >= 0.3 is 0 Å². The zero-order valence-corrected chi connectivity index (χ0v) is 12.3. The van der Waals surface area contributed by atoms with Crippen LogP contribution in [0.4, 0.5) is 11.4 Å². The van der Waals surface area contributed by atoms with Gasteiger partial charge in [-0.15, -0.1) is 0 Å². The number of pyridine rings is 1. The highest BCUT2D eigenvalue weighted by molar-refractivity contribution is 5.93. The summed E-state index contributed by atoms with van der Waals surface area (Å²) < 4.78 is 0. The third-order valence-corrected chi connectivity index (χ3v) is 4.58. The summed E-state index contributed by atoms with van der Waals surface area (Å²) in [7, 11) is 2.22. The highest BCUT2D eigenvalue weighted by Gasteiger charge is 2.23. The van der Waals surface area contributed by atoms with Crippen molar-refractivity contribution in [2.75, 3.05) is 17.7 Å². The minimum atomic E-state index is 0.641. The summed E-state index contributed by atoms with van der Waals surface area (Å²) in [5.41, 5.74) is 8.89. The Bertz CT molecular complexity index is 608. The molecular formula is C17H23N3. The Morgan fingerprint density at radius 1 is 1.25 bits per heavy atom. The zero-order valence-electron chi connectivity index (χ0n) is 12.3. The van der Waals surface area contributed by atoms with Crippen molar-refractivity contribution >= 4 is 22.3 Å². The van der Waals surface area contributed by atoms with Crippen LogP contribution in [0.3, 0.4) is 0 Å². The quantitative estimate of drug-likeness (QED) is 0.842. The van der Waals surface area contributed by atoms with Gasteiger partial charge in [0.25, 0.3) is 0 Å². The molecule has 0 aliphatic heterocycles. The minimum Gasteiger partial charge on any atom is -0.399 e. The maximum atomic E-state index is 5.86. The van der Waals surface area contributed by atoms with Gasteiger partial charge in [-0.2, -0.15) is 0 Å². The molecule has 3 heteroatoms. The number of hydrogen-bond donors (Lipinski definition) is 1. The molecule has 2 atom stereocenters. The standard InChI is InChI=1S/C17H23N3/c1-12-4-3-5-14(10-12)20(2)17-8-9-19-16-11-13(18)6-7-15(16)17/h6-9,11-12,14H,3-5,10,18H2,1-2H3. The molecule has 1 fully saturated rings. The van der Waals surface area contributed by atoms with Crippen LogP contribution in [0.2, 0.25) is 0 Å². The van der Waals surface area contributed by atoms with Crippen LogP contribution in [0.1, 0.15) is 32.6 Å². The van der Waals surface area contributed by atoms with Crippen LogP contribution in [0, 0.1) is 5.92 Å². The number of benzene rings is 1. The lowest BCUT2D eigenvalue weighted by atomic mass is 9.86. The largest absolute Gasteiger partial charge is 0.399 e. The lowest BCUT2D eigenvalue weighted by molar-refractivity contribution is 0.337. The van der Waals surface area contributed by atoms with E-state index in [2.05, 4.69) is 36.0 Å². The fourth-order valence-electron chi connectivity index (χ4n) is 3.41. The zero-order chi connectivity index (χ0) is 14.1. The second-order valence-corrected chi connectivity index (χ2v) is 6.14. The summed E-state index contributed by atoms with van der Waals surface area (Å²) in [4.78, 5) is 6.88. The molecule has 1 heterocycles. The molecule has 1 aromatic heterocycles. The van der Waals surface area contributed by atoms with Crippen molar-refractivity contribution in [3.05, 3.63) is 30.5 Å². The second kappa shape index (κ2) is 5.31. The fraction of sp³-hybridized carbons (Fsp3) is 0.471. The number of nitrogen functional groups attached to an aromatic ring is 1. The number of hydrogen-bond acceptors (Lipinski definition) is 3. The van der Waals surface area contributed by atoms with E-state index in [1.165, 1.54) is 36.8 Å². The molecule has 3 rings (SSSR count). The third kappa shape index (κ3) is 2.45. The number of fused-ring (bicyclic) bond motifs is 1. The third-order valence-electron chi connectivity index (χ3n) is 4.58. The molecule has 0 bridgehead atoms. The summed E-state index contributed by atoms with van der Waals surface area (Å²) in [6, 6.07) is 8.77. The minimum absolute atomic E-state index is 0.641. The molecule has 1 aromatic carbocycles.